The number of unbranched alkanes of at least 4 members (excludes halogenated alkanes) is 15. The van der Waals surface area contributed by atoms with Gasteiger partial charge in [0, 0.05) is 6.42 Å². The Morgan fingerprint density at radius 1 is 0.690 bits per heavy atom. The summed E-state index contributed by atoms with van der Waals surface area (Å²) < 4.78 is 2.46. The van der Waals surface area contributed by atoms with Crippen LogP contribution < -0.4 is 4.57 Å². The number of nitrogens with zero attached hydrogens (tertiary/aromatic N) is 1. The van der Waals surface area contributed by atoms with Gasteiger partial charge in [0.05, 0.1) is 6.54 Å². The van der Waals surface area contributed by atoms with E-state index in [1.54, 1.807) is 0 Å². The lowest BCUT2D eigenvalue weighted by Gasteiger charge is -2.05. The molecule has 0 saturated heterocycles. The van der Waals surface area contributed by atoms with E-state index in [1.807, 2.05) is 0 Å². The molecule has 0 fully saturated rings. The Kier molecular flexibility index (Phi) is 17.4. The number of nitrogens with one attached hydrogen (secondary N) is 1. The first kappa shape index (κ1) is 26.2. The summed E-state index contributed by atoms with van der Waals surface area (Å²) in [6.45, 7) is 8.15. The Morgan fingerprint density at radius 2 is 1.21 bits per heavy atom. The molecule has 0 saturated carbocycles. The summed E-state index contributed by atoms with van der Waals surface area (Å²) in [4.78, 5) is 3.47. The highest BCUT2D eigenvalue weighted by molar-refractivity contribution is 4.77. The van der Waals surface area contributed by atoms with Crippen molar-refractivity contribution in [1.29, 1.82) is 0 Å². The molecule has 1 aromatic rings. The van der Waals surface area contributed by atoms with Crippen LogP contribution in [0.4, 0.5) is 0 Å². The average Bonchev–Trinajstić information content (AvgIpc) is 3.15. The molecule has 0 amide bonds. The number of hydrogen-bond acceptors (Lipinski definition) is 0. The lowest BCUT2D eigenvalue weighted by Crippen LogP contribution is -2.36. The fourth-order valence-electron chi connectivity index (χ4n) is 4.32. The topological polar surface area (TPSA) is 19.7 Å². The second kappa shape index (κ2) is 19.2. The van der Waals surface area contributed by atoms with E-state index in [4.69, 9.17) is 0 Å². The van der Waals surface area contributed by atoms with Crippen LogP contribution in [0.25, 0.3) is 0 Å². The number of aromatic nitrogens is 2. The van der Waals surface area contributed by atoms with E-state index in [0.29, 0.717) is 0 Å². The quantitative estimate of drug-likeness (QED) is 0.156. The zero-order chi connectivity index (χ0) is 21.0. The maximum absolute atomic E-state index is 3.47. The summed E-state index contributed by atoms with van der Waals surface area (Å²) in [6.07, 6.45) is 31.1. The molecule has 2 heteroatoms. The first-order valence-corrected chi connectivity index (χ1v) is 13.3. The van der Waals surface area contributed by atoms with E-state index in [0.717, 1.165) is 5.92 Å². The molecular formula is C27H53N2+. The second-order valence-electron chi connectivity index (χ2n) is 9.69. The summed E-state index contributed by atoms with van der Waals surface area (Å²) in [6, 6.07) is 0. The molecule has 0 unspecified atom stereocenters. The van der Waals surface area contributed by atoms with Crippen molar-refractivity contribution >= 4 is 0 Å². The van der Waals surface area contributed by atoms with Crippen LogP contribution in [0.1, 0.15) is 142 Å². The van der Waals surface area contributed by atoms with Gasteiger partial charge in [0.25, 0.3) is 5.82 Å². The number of aromatic amines is 1. The number of hydrogen-bond donors (Lipinski definition) is 1. The highest BCUT2D eigenvalue weighted by atomic mass is 15.1. The highest BCUT2D eigenvalue weighted by Gasteiger charge is 2.09. The maximum atomic E-state index is 3.47. The molecule has 29 heavy (non-hydrogen) atoms. The molecule has 1 rings (SSSR count). The van der Waals surface area contributed by atoms with Crippen LogP contribution in [-0.2, 0) is 13.0 Å². The van der Waals surface area contributed by atoms with Crippen molar-refractivity contribution in [3.63, 3.8) is 0 Å². The van der Waals surface area contributed by atoms with Crippen LogP contribution in [0.15, 0.2) is 12.4 Å². The molecule has 0 aliphatic heterocycles. The molecule has 2 nitrogen and oxygen atoms in total. The molecule has 1 heterocycles. The van der Waals surface area contributed by atoms with Crippen LogP contribution in [0.5, 0.6) is 0 Å². The molecule has 0 aliphatic rings. The minimum Gasteiger partial charge on any atom is -0.248 e. The van der Waals surface area contributed by atoms with Crippen LogP contribution in [-0.4, -0.2) is 4.98 Å². The number of aryl methyl sites for hydroxylation is 2. The average molecular weight is 406 g/mol. The van der Waals surface area contributed by atoms with Crippen LogP contribution in [0.2, 0.25) is 0 Å². The molecule has 1 aromatic heterocycles. The summed E-state index contributed by atoms with van der Waals surface area (Å²) in [7, 11) is 0. The maximum Gasteiger partial charge on any atom is 0.254 e. The third-order valence-electron chi connectivity index (χ3n) is 6.30. The minimum absolute atomic E-state index is 0.853. The SMILES string of the molecule is CCCCCCCCCCCCCCCC[n+]1cc[nH]c1CCCCCC(C)C. The van der Waals surface area contributed by atoms with Crippen molar-refractivity contribution in [1.82, 2.24) is 4.98 Å². The Labute approximate surface area is 183 Å². The first-order chi connectivity index (χ1) is 14.2. The molecule has 0 aliphatic carbocycles. The summed E-state index contributed by atoms with van der Waals surface area (Å²) in [5, 5.41) is 0. The molecule has 0 radical (unpaired) electrons. The fraction of sp³-hybridized carbons (Fsp3) is 0.889. The van der Waals surface area contributed by atoms with Gasteiger partial charge >= 0.3 is 0 Å². The van der Waals surface area contributed by atoms with Gasteiger partial charge in [-0.2, -0.15) is 0 Å². The monoisotopic (exact) mass is 405 g/mol. The molecule has 170 valence electrons. The zero-order valence-electron chi connectivity index (χ0n) is 20.3. The molecule has 0 bridgehead atoms. The Hall–Kier alpha value is -0.790. The molecule has 1 N–H and O–H groups in total. The number of H-pyrrole nitrogens is 1. The third-order valence-corrected chi connectivity index (χ3v) is 6.30. The van der Waals surface area contributed by atoms with Crippen molar-refractivity contribution in [2.24, 2.45) is 5.92 Å². The summed E-state index contributed by atoms with van der Waals surface area (Å²) in [5.74, 6) is 2.29. The highest BCUT2D eigenvalue weighted by Crippen LogP contribution is 2.13. The van der Waals surface area contributed by atoms with E-state index in [-0.39, 0.29) is 0 Å². The van der Waals surface area contributed by atoms with Gasteiger partial charge in [-0.25, -0.2) is 9.55 Å². The Bertz CT molecular complexity index is 449. The van der Waals surface area contributed by atoms with Gasteiger partial charge in [-0.3, -0.25) is 0 Å². The smallest absolute Gasteiger partial charge is 0.248 e. The van der Waals surface area contributed by atoms with Gasteiger partial charge in [0.15, 0.2) is 0 Å². The first-order valence-electron chi connectivity index (χ1n) is 13.3. The predicted octanol–water partition coefficient (Wildman–Crippen LogP) is 8.54. The molecular weight excluding hydrogens is 352 g/mol. The van der Waals surface area contributed by atoms with Crippen molar-refractivity contribution in [3.05, 3.63) is 18.2 Å². The molecule has 0 atom stereocenters. The van der Waals surface area contributed by atoms with Gasteiger partial charge in [0.2, 0.25) is 0 Å². The largest absolute Gasteiger partial charge is 0.254 e. The van der Waals surface area contributed by atoms with Crippen molar-refractivity contribution in [2.75, 3.05) is 0 Å². The lowest BCUT2D eigenvalue weighted by atomic mass is 10.0. The van der Waals surface area contributed by atoms with E-state index < -0.39 is 0 Å². The molecule has 0 spiro atoms. The summed E-state index contributed by atoms with van der Waals surface area (Å²) >= 11 is 0. The van der Waals surface area contributed by atoms with Gasteiger partial charge < -0.3 is 0 Å². The number of rotatable bonds is 21. The predicted molar refractivity (Wildman–Crippen MR) is 128 cm³/mol. The second-order valence-corrected chi connectivity index (χ2v) is 9.69. The minimum atomic E-state index is 0.853. The van der Waals surface area contributed by atoms with E-state index in [2.05, 4.69) is 42.7 Å². The zero-order valence-corrected chi connectivity index (χ0v) is 20.3. The van der Waals surface area contributed by atoms with Gasteiger partial charge in [-0.15, -0.1) is 0 Å². The number of imidazole rings is 1. The summed E-state index contributed by atoms with van der Waals surface area (Å²) in [5.41, 5.74) is 0. The van der Waals surface area contributed by atoms with E-state index in [9.17, 15) is 0 Å². The fourth-order valence-corrected chi connectivity index (χ4v) is 4.32. The van der Waals surface area contributed by atoms with Crippen LogP contribution in [0.3, 0.4) is 0 Å². The lowest BCUT2D eigenvalue weighted by molar-refractivity contribution is -0.703. The van der Waals surface area contributed by atoms with Gasteiger partial charge in [0.1, 0.15) is 12.4 Å². The van der Waals surface area contributed by atoms with Crippen molar-refractivity contribution < 1.29 is 4.57 Å². The van der Waals surface area contributed by atoms with E-state index >= 15 is 0 Å². The van der Waals surface area contributed by atoms with E-state index in [1.165, 1.54) is 134 Å². The van der Waals surface area contributed by atoms with Crippen molar-refractivity contribution in [3.8, 4) is 0 Å². The Morgan fingerprint density at radius 3 is 1.76 bits per heavy atom. The normalized spacial score (nSPS) is 11.6. The van der Waals surface area contributed by atoms with Gasteiger partial charge in [-0.05, 0) is 25.2 Å². The van der Waals surface area contributed by atoms with Gasteiger partial charge in [-0.1, -0.05) is 117 Å². The van der Waals surface area contributed by atoms with Crippen molar-refractivity contribution in [2.45, 2.75) is 149 Å². The standard InChI is InChI=1S/C27H52N2/c1-4-5-6-7-8-9-10-11-12-13-14-15-16-20-24-29-25-23-28-27(29)22-19-17-18-21-26(2)3/h23,25-26H,4-22,24H2,1-3H3/p+1. The van der Waals surface area contributed by atoms with Crippen LogP contribution >= 0.6 is 0 Å². The third kappa shape index (κ3) is 15.7. The van der Waals surface area contributed by atoms with Crippen LogP contribution in [0, 0.1) is 5.92 Å². The molecule has 0 aromatic carbocycles. The Balaban J connectivity index is 1.90.